The molecule has 1 N–H and O–H groups in total. The minimum absolute atomic E-state index is 0.184. The summed E-state index contributed by atoms with van der Waals surface area (Å²) < 4.78 is 11.8. The van der Waals surface area contributed by atoms with Gasteiger partial charge in [0, 0.05) is 16.4 Å². The molecule has 0 fully saturated rings. The Kier molecular flexibility index (Phi) is 11.4. The van der Waals surface area contributed by atoms with Crippen LogP contribution in [-0.2, 0) is 15.4 Å². The molecule has 206 valence electrons. The predicted molar refractivity (Wildman–Crippen MR) is 162 cm³/mol. The lowest BCUT2D eigenvalue weighted by molar-refractivity contribution is 0.252. The van der Waals surface area contributed by atoms with E-state index in [2.05, 4.69) is 108 Å². The van der Waals surface area contributed by atoms with E-state index in [1.165, 1.54) is 42.4 Å². The summed E-state index contributed by atoms with van der Waals surface area (Å²) in [6.45, 7) is 14.0. The Hall–Kier alpha value is -2.19. The molecule has 3 nitrogen and oxygen atoms in total. The fourth-order valence-electron chi connectivity index (χ4n) is 4.96. The molecule has 0 saturated carbocycles. The van der Waals surface area contributed by atoms with E-state index in [9.17, 15) is 4.89 Å². The topological polar surface area (TPSA) is 38.7 Å². The van der Waals surface area contributed by atoms with Gasteiger partial charge < -0.3 is 13.9 Å². The van der Waals surface area contributed by atoms with Gasteiger partial charge in [0.1, 0.15) is 5.75 Å². The maximum Gasteiger partial charge on any atom is 0.394 e. The molecule has 0 radical (unpaired) electrons. The van der Waals surface area contributed by atoms with Crippen LogP contribution in [0.3, 0.4) is 0 Å². The molecule has 3 aromatic carbocycles. The SMILES string of the molecule is CC(C)CCCCCCCOP(O)Oc1ccc(C(C)(C)c2ccccc2)cc1C(C)(C)c1ccccc1. The molecule has 4 heteroatoms. The highest BCUT2D eigenvalue weighted by molar-refractivity contribution is 7.41. The second-order valence-electron chi connectivity index (χ2n) is 11.8. The lowest BCUT2D eigenvalue weighted by atomic mass is 9.73. The van der Waals surface area contributed by atoms with Gasteiger partial charge in [0.15, 0.2) is 0 Å². The predicted octanol–water partition coefficient (Wildman–Crippen LogP) is 9.95. The molecule has 0 aliphatic rings. The van der Waals surface area contributed by atoms with E-state index in [0.29, 0.717) is 12.4 Å². The maximum absolute atomic E-state index is 10.7. The van der Waals surface area contributed by atoms with Crippen molar-refractivity contribution in [1.82, 2.24) is 0 Å². The van der Waals surface area contributed by atoms with Crippen LogP contribution in [0, 0.1) is 5.92 Å². The van der Waals surface area contributed by atoms with Gasteiger partial charge in [0.05, 0.1) is 6.61 Å². The largest absolute Gasteiger partial charge is 0.427 e. The Morgan fingerprint density at radius 2 is 1.24 bits per heavy atom. The average Bonchev–Trinajstić information content (AvgIpc) is 2.91. The Labute approximate surface area is 232 Å². The summed E-state index contributed by atoms with van der Waals surface area (Å²) >= 11 is 0. The highest BCUT2D eigenvalue weighted by atomic mass is 31.2. The van der Waals surface area contributed by atoms with Gasteiger partial charge in [0.25, 0.3) is 0 Å². The number of benzene rings is 3. The first-order valence-corrected chi connectivity index (χ1v) is 15.3. The summed E-state index contributed by atoms with van der Waals surface area (Å²) in [5.41, 5.74) is 4.19. The smallest absolute Gasteiger partial charge is 0.394 e. The van der Waals surface area contributed by atoms with Gasteiger partial charge in [-0.25, -0.2) is 0 Å². The third kappa shape index (κ3) is 8.40. The van der Waals surface area contributed by atoms with Gasteiger partial charge in [-0.15, -0.1) is 0 Å². The highest BCUT2D eigenvalue weighted by Crippen LogP contribution is 2.45. The molecule has 0 spiro atoms. The van der Waals surface area contributed by atoms with Crippen molar-refractivity contribution < 1.29 is 13.9 Å². The summed E-state index contributed by atoms with van der Waals surface area (Å²) in [7, 11) is -2.01. The summed E-state index contributed by atoms with van der Waals surface area (Å²) in [5, 5.41) is 0. The summed E-state index contributed by atoms with van der Waals surface area (Å²) in [6, 6.07) is 27.4. The summed E-state index contributed by atoms with van der Waals surface area (Å²) in [5.74, 6) is 1.46. The average molecular weight is 535 g/mol. The molecule has 1 unspecified atom stereocenters. The number of hydrogen-bond acceptors (Lipinski definition) is 3. The standard InChI is InChI=1S/C34H47O3P/c1-27(2)18-12-8-7-9-17-25-36-38(35)37-32-24-23-30(33(3,4)28-19-13-10-14-20-28)26-31(32)34(5,6)29-21-15-11-16-22-29/h10-11,13-16,19-24,26-27,35H,7-9,12,17-18,25H2,1-6H3. The lowest BCUT2D eigenvalue weighted by Crippen LogP contribution is -2.23. The van der Waals surface area contributed by atoms with Crippen molar-refractivity contribution in [2.45, 2.75) is 90.9 Å². The fourth-order valence-corrected chi connectivity index (χ4v) is 5.62. The van der Waals surface area contributed by atoms with Gasteiger partial charge in [-0.1, -0.05) is 146 Å². The van der Waals surface area contributed by atoms with E-state index < -0.39 is 8.60 Å². The first kappa shape index (κ1) is 30.4. The Bertz CT molecular complexity index is 1090. The molecule has 0 heterocycles. The van der Waals surface area contributed by atoms with Crippen LogP contribution in [0.5, 0.6) is 5.75 Å². The fraction of sp³-hybridized carbons (Fsp3) is 0.471. The molecule has 1 atom stereocenters. The Balaban J connectivity index is 1.75. The zero-order chi connectivity index (χ0) is 27.6. The molecule has 0 aliphatic carbocycles. The van der Waals surface area contributed by atoms with Crippen molar-refractivity contribution in [1.29, 1.82) is 0 Å². The molecule has 3 aromatic rings. The van der Waals surface area contributed by atoms with Crippen LogP contribution >= 0.6 is 8.60 Å². The molecule has 3 rings (SSSR count). The van der Waals surface area contributed by atoms with Gasteiger partial charge in [-0.05, 0) is 35.1 Å². The second-order valence-corrected chi connectivity index (χ2v) is 12.7. The molecule has 0 aliphatic heterocycles. The van der Waals surface area contributed by atoms with Gasteiger partial charge in [-0.3, -0.25) is 0 Å². The van der Waals surface area contributed by atoms with E-state index in [4.69, 9.17) is 9.05 Å². The molecule has 0 amide bonds. The number of hydrogen-bond donors (Lipinski definition) is 1. The minimum Gasteiger partial charge on any atom is -0.427 e. The monoisotopic (exact) mass is 534 g/mol. The Morgan fingerprint density at radius 1 is 0.684 bits per heavy atom. The van der Waals surface area contributed by atoms with Crippen LogP contribution in [0.25, 0.3) is 0 Å². The van der Waals surface area contributed by atoms with Crippen LogP contribution in [0.4, 0.5) is 0 Å². The van der Waals surface area contributed by atoms with E-state index in [1.807, 2.05) is 12.1 Å². The van der Waals surface area contributed by atoms with Crippen molar-refractivity contribution >= 4 is 8.60 Å². The van der Waals surface area contributed by atoms with Gasteiger partial charge in [0.2, 0.25) is 0 Å². The van der Waals surface area contributed by atoms with Crippen molar-refractivity contribution in [2.75, 3.05) is 6.61 Å². The van der Waals surface area contributed by atoms with Crippen molar-refractivity contribution in [3.63, 3.8) is 0 Å². The van der Waals surface area contributed by atoms with Crippen molar-refractivity contribution in [2.24, 2.45) is 5.92 Å². The molecule has 0 saturated heterocycles. The van der Waals surface area contributed by atoms with Crippen LogP contribution in [0.15, 0.2) is 78.9 Å². The highest BCUT2D eigenvalue weighted by Gasteiger charge is 2.31. The van der Waals surface area contributed by atoms with Gasteiger partial charge >= 0.3 is 8.60 Å². The van der Waals surface area contributed by atoms with E-state index in [-0.39, 0.29) is 10.8 Å². The maximum atomic E-state index is 10.7. The second kappa shape index (κ2) is 14.3. The minimum atomic E-state index is -2.01. The number of unbranched alkanes of at least 4 members (excludes halogenated alkanes) is 4. The Morgan fingerprint density at radius 3 is 1.84 bits per heavy atom. The third-order valence-electron chi connectivity index (χ3n) is 7.67. The lowest BCUT2D eigenvalue weighted by Gasteiger charge is -2.32. The van der Waals surface area contributed by atoms with E-state index in [0.717, 1.165) is 24.3 Å². The zero-order valence-electron chi connectivity index (χ0n) is 24.2. The van der Waals surface area contributed by atoms with Crippen LogP contribution < -0.4 is 4.52 Å². The first-order valence-electron chi connectivity index (χ1n) is 14.2. The van der Waals surface area contributed by atoms with Crippen molar-refractivity contribution in [3.05, 3.63) is 101 Å². The molecular weight excluding hydrogens is 487 g/mol. The molecule has 0 bridgehead atoms. The summed E-state index contributed by atoms with van der Waals surface area (Å²) in [6.07, 6.45) is 7.15. The van der Waals surface area contributed by atoms with Gasteiger partial charge in [-0.2, -0.15) is 0 Å². The van der Waals surface area contributed by atoms with E-state index in [1.54, 1.807) is 0 Å². The zero-order valence-corrected chi connectivity index (χ0v) is 25.1. The first-order chi connectivity index (χ1) is 18.1. The van der Waals surface area contributed by atoms with Crippen LogP contribution in [0.1, 0.15) is 102 Å². The normalized spacial score (nSPS) is 13.1. The summed E-state index contributed by atoms with van der Waals surface area (Å²) in [4.78, 5) is 10.7. The van der Waals surface area contributed by atoms with Crippen LogP contribution in [0.2, 0.25) is 0 Å². The number of rotatable bonds is 15. The third-order valence-corrected chi connectivity index (χ3v) is 8.43. The van der Waals surface area contributed by atoms with Crippen LogP contribution in [-0.4, -0.2) is 11.5 Å². The van der Waals surface area contributed by atoms with Crippen molar-refractivity contribution in [3.8, 4) is 5.75 Å². The molecule has 0 aromatic heterocycles. The molecular formula is C34H47O3P. The molecule has 38 heavy (non-hydrogen) atoms. The van der Waals surface area contributed by atoms with E-state index >= 15 is 0 Å². The quantitative estimate of drug-likeness (QED) is 0.156.